The first kappa shape index (κ1) is 10.4. The first-order valence-electron chi connectivity index (χ1n) is 5.36. The Kier molecular flexibility index (Phi) is 3.54. The van der Waals surface area contributed by atoms with E-state index >= 15 is 0 Å². The fourth-order valence-corrected chi connectivity index (χ4v) is 1.70. The molecule has 0 amide bonds. The summed E-state index contributed by atoms with van der Waals surface area (Å²) in [5.74, 6) is 0. The standard InChI is InChI=1S/C13H16O2/c14-12-6-8-13(9-7-12)15-10-11-4-2-1-3-5-11/h1-6,8,12-14H,7,9-10H2/t12-,13-/m1/s1. The molecule has 1 N–H and O–H groups in total. The van der Waals surface area contributed by atoms with Crippen LogP contribution in [0.2, 0.25) is 0 Å². The Bertz CT molecular complexity index is 319. The molecule has 0 bridgehead atoms. The van der Waals surface area contributed by atoms with Crippen molar-refractivity contribution in [3.8, 4) is 0 Å². The van der Waals surface area contributed by atoms with Gasteiger partial charge in [-0.05, 0) is 18.4 Å². The van der Waals surface area contributed by atoms with Crippen LogP contribution in [0.1, 0.15) is 18.4 Å². The molecule has 2 atom stereocenters. The van der Waals surface area contributed by atoms with Crippen LogP contribution in [-0.2, 0) is 11.3 Å². The Labute approximate surface area is 90.2 Å². The summed E-state index contributed by atoms with van der Waals surface area (Å²) in [5, 5.41) is 9.27. The van der Waals surface area contributed by atoms with Gasteiger partial charge in [0.25, 0.3) is 0 Å². The quantitative estimate of drug-likeness (QED) is 0.765. The van der Waals surface area contributed by atoms with Gasteiger partial charge in [-0.15, -0.1) is 0 Å². The molecule has 0 unspecified atom stereocenters. The van der Waals surface area contributed by atoms with Crippen molar-refractivity contribution in [3.63, 3.8) is 0 Å². The highest BCUT2D eigenvalue weighted by Gasteiger charge is 2.13. The van der Waals surface area contributed by atoms with E-state index in [2.05, 4.69) is 12.1 Å². The lowest BCUT2D eigenvalue weighted by Crippen LogP contribution is -2.18. The van der Waals surface area contributed by atoms with Crippen LogP contribution in [0.15, 0.2) is 42.5 Å². The summed E-state index contributed by atoms with van der Waals surface area (Å²) < 4.78 is 5.72. The SMILES string of the molecule is O[C@@H]1C=C[C@@H](OCc2ccccc2)CC1. The van der Waals surface area contributed by atoms with Crippen molar-refractivity contribution in [1.29, 1.82) is 0 Å². The van der Waals surface area contributed by atoms with Crippen molar-refractivity contribution in [2.45, 2.75) is 31.7 Å². The normalized spacial score (nSPS) is 25.4. The van der Waals surface area contributed by atoms with Gasteiger partial charge in [-0.1, -0.05) is 42.5 Å². The molecule has 0 fully saturated rings. The second-order valence-electron chi connectivity index (χ2n) is 3.86. The lowest BCUT2D eigenvalue weighted by Gasteiger charge is -2.20. The van der Waals surface area contributed by atoms with Crippen LogP contribution in [0.5, 0.6) is 0 Å². The molecule has 0 aliphatic heterocycles. The minimum Gasteiger partial charge on any atom is -0.389 e. The van der Waals surface area contributed by atoms with Gasteiger partial charge in [0.2, 0.25) is 0 Å². The molecule has 0 saturated carbocycles. The third kappa shape index (κ3) is 3.18. The second kappa shape index (κ2) is 5.10. The molecule has 2 nitrogen and oxygen atoms in total. The Hall–Kier alpha value is -1.12. The number of aliphatic hydroxyl groups is 1. The van der Waals surface area contributed by atoms with Crippen LogP contribution >= 0.6 is 0 Å². The van der Waals surface area contributed by atoms with Crippen molar-refractivity contribution in [2.75, 3.05) is 0 Å². The topological polar surface area (TPSA) is 29.5 Å². The average molecular weight is 204 g/mol. The molecule has 1 aromatic rings. The van der Waals surface area contributed by atoms with Crippen LogP contribution in [0.3, 0.4) is 0 Å². The van der Waals surface area contributed by atoms with Crippen LogP contribution in [-0.4, -0.2) is 17.3 Å². The molecule has 0 aromatic heterocycles. The fraction of sp³-hybridized carbons (Fsp3) is 0.385. The molecule has 2 rings (SSSR count). The van der Waals surface area contributed by atoms with E-state index in [0.29, 0.717) is 6.61 Å². The van der Waals surface area contributed by atoms with E-state index < -0.39 is 0 Å². The minimum absolute atomic E-state index is 0.161. The zero-order valence-electron chi connectivity index (χ0n) is 8.67. The van der Waals surface area contributed by atoms with Crippen LogP contribution in [0.25, 0.3) is 0 Å². The molecule has 0 saturated heterocycles. The summed E-state index contributed by atoms with van der Waals surface area (Å²) in [4.78, 5) is 0. The monoisotopic (exact) mass is 204 g/mol. The predicted molar refractivity (Wildman–Crippen MR) is 59.4 cm³/mol. The van der Waals surface area contributed by atoms with Crippen LogP contribution < -0.4 is 0 Å². The molecule has 2 heteroatoms. The number of hydrogen-bond donors (Lipinski definition) is 1. The molecular weight excluding hydrogens is 188 g/mol. The van der Waals surface area contributed by atoms with E-state index in [1.807, 2.05) is 30.4 Å². The number of aliphatic hydroxyl groups excluding tert-OH is 1. The van der Waals surface area contributed by atoms with E-state index in [1.54, 1.807) is 0 Å². The third-order valence-electron chi connectivity index (χ3n) is 2.60. The van der Waals surface area contributed by atoms with Gasteiger partial charge >= 0.3 is 0 Å². The maximum atomic E-state index is 9.27. The Morgan fingerprint density at radius 3 is 2.60 bits per heavy atom. The summed E-state index contributed by atoms with van der Waals surface area (Å²) >= 11 is 0. The molecular formula is C13H16O2. The van der Waals surface area contributed by atoms with Crippen LogP contribution in [0.4, 0.5) is 0 Å². The Morgan fingerprint density at radius 2 is 1.93 bits per heavy atom. The summed E-state index contributed by atoms with van der Waals surface area (Å²) in [6.07, 6.45) is 5.37. The zero-order valence-corrected chi connectivity index (χ0v) is 8.67. The summed E-state index contributed by atoms with van der Waals surface area (Å²) in [7, 11) is 0. The number of ether oxygens (including phenoxy) is 1. The first-order valence-corrected chi connectivity index (χ1v) is 5.36. The first-order chi connectivity index (χ1) is 7.34. The van der Waals surface area contributed by atoms with Crippen LogP contribution in [0, 0.1) is 0 Å². The molecule has 15 heavy (non-hydrogen) atoms. The minimum atomic E-state index is -0.276. The summed E-state index contributed by atoms with van der Waals surface area (Å²) in [5.41, 5.74) is 1.19. The lowest BCUT2D eigenvalue weighted by molar-refractivity contribution is 0.0496. The van der Waals surface area contributed by atoms with Gasteiger partial charge < -0.3 is 9.84 Å². The largest absolute Gasteiger partial charge is 0.389 e. The van der Waals surface area contributed by atoms with E-state index in [-0.39, 0.29) is 12.2 Å². The van der Waals surface area contributed by atoms with Gasteiger partial charge in [0.15, 0.2) is 0 Å². The maximum absolute atomic E-state index is 9.27. The number of rotatable bonds is 3. The zero-order chi connectivity index (χ0) is 10.5. The van der Waals surface area contributed by atoms with Gasteiger partial charge in [0, 0.05) is 0 Å². The Balaban J connectivity index is 1.82. The smallest absolute Gasteiger partial charge is 0.0762 e. The van der Waals surface area contributed by atoms with E-state index in [1.165, 1.54) is 5.56 Å². The lowest BCUT2D eigenvalue weighted by atomic mass is 10.0. The molecule has 1 aliphatic rings. The fourth-order valence-electron chi connectivity index (χ4n) is 1.70. The van der Waals surface area contributed by atoms with Crippen molar-refractivity contribution in [2.24, 2.45) is 0 Å². The van der Waals surface area contributed by atoms with Gasteiger partial charge in [0.05, 0.1) is 18.8 Å². The van der Waals surface area contributed by atoms with Gasteiger partial charge in [-0.2, -0.15) is 0 Å². The van der Waals surface area contributed by atoms with E-state index in [9.17, 15) is 5.11 Å². The molecule has 0 heterocycles. The van der Waals surface area contributed by atoms with Crippen molar-refractivity contribution < 1.29 is 9.84 Å². The van der Waals surface area contributed by atoms with Gasteiger partial charge in [0.1, 0.15) is 0 Å². The van der Waals surface area contributed by atoms with Gasteiger partial charge in [-0.3, -0.25) is 0 Å². The second-order valence-corrected chi connectivity index (χ2v) is 3.86. The molecule has 1 aliphatic carbocycles. The van der Waals surface area contributed by atoms with E-state index in [0.717, 1.165) is 12.8 Å². The molecule has 1 aromatic carbocycles. The van der Waals surface area contributed by atoms with Crippen molar-refractivity contribution in [1.82, 2.24) is 0 Å². The average Bonchev–Trinajstić information content (AvgIpc) is 2.30. The predicted octanol–water partition coefficient (Wildman–Crippen LogP) is 2.28. The number of benzene rings is 1. The van der Waals surface area contributed by atoms with Crippen molar-refractivity contribution >= 4 is 0 Å². The number of hydrogen-bond acceptors (Lipinski definition) is 2. The van der Waals surface area contributed by atoms with Crippen molar-refractivity contribution in [3.05, 3.63) is 48.0 Å². The molecule has 80 valence electrons. The summed E-state index contributed by atoms with van der Waals surface area (Å²) in [6.45, 7) is 0.645. The van der Waals surface area contributed by atoms with Gasteiger partial charge in [-0.25, -0.2) is 0 Å². The highest BCUT2D eigenvalue weighted by Crippen LogP contribution is 2.15. The third-order valence-corrected chi connectivity index (χ3v) is 2.60. The summed E-state index contributed by atoms with van der Waals surface area (Å²) in [6, 6.07) is 10.1. The highest BCUT2D eigenvalue weighted by atomic mass is 16.5. The highest BCUT2D eigenvalue weighted by molar-refractivity contribution is 5.13. The Morgan fingerprint density at radius 1 is 1.13 bits per heavy atom. The maximum Gasteiger partial charge on any atom is 0.0762 e. The molecule has 0 spiro atoms. The van der Waals surface area contributed by atoms with E-state index in [4.69, 9.17) is 4.74 Å². The molecule has 0 radical (unpaired) electrons.